The number of halogens is 2. The van der Waals surface area contributed by atoms with Gasteiger partial charge in [0, 0.05) is 11.7 Å². The average molecular weight is 330 g/mol. The zero-order chi connectivity index (χ0) is 15.4. The van der Waals surface area contributed by atoms with Crippen LogP contribution in [0.4, 0.5) is 5.69 Å². The van der Waals surface area contributed by atoms with E-state index in [4.69, 9.17) is 28.9 Å². The van der Waals surface area contributed by atoms with Crippen LogP contribution < -0.4 is 11.1 Å². The number of likely N-dealkylation sites (tertiary alicyclic amines) is 1. The third kappa shape index (κ3) is 4.85. The summed E-state index contributed by atoms with van der Waals surface area (Å²) in [4.78, 5) is 14.2. The summed E-state index contributed by atoms with van der Waals surface area (Å²) in [5.41, 5.74) is 6.59. The van der Waals surface area contributed by atoms with Crippen LogP contribution in [0.5, 0.6) is 0 Å². The Kier molecular flexibility index (Phi) is 5.88. The van der Waals surface area contributed by atoms with Gasteiger partial charge in [-0.3, -0.25) is 9.69 Å². The number of hydrogen-bond acceptors (Lipinski definition) is 3. The van der Waals surface area contributed by atoms with Crippen LogP contribution in [0.25, 0.3) is 0 Å². The van der Waals surface area contributed by atoms with Gasteiger partial charge in [-0.05, 0) is 57.0 Å². The number of benzene rings is 1. The van der Waals surface area contributed by atoms with Crippen LogP contribution in [0, 0.1) is 5.92 Å². The lowest BCUT2D eigenvalue weighted by Crippen LogP contribution is -2.42. The Hall–Kier alpha value is -0.810. The van der Waals surface area contributed by atoms with E-state index in [1.807, 2.05) is 0 Å². The first-order valence-electron chi connectivity index (χ1n) is 7.18. The normalized spacial score (nSPS) is 18.5. The first-order chi connectivity index (χ1) is 9.95. The molecule has 1 aromatic carbocycles. The Bertz CT molecular complexity index is 500. The Morgan fingerprint density at radius 2 is 2.05 bits per heavy atom. The van der Waals surface area contributed by atoms with Gasteiger partial charge in [-0.15, -0.1) is 0 Å². The number of carbonyl (C=O) groups excluding carboxylic acids is 1. The summed E-state index contributed by atoms with van der Waals surface area (Å²) < 4.78 is 0. The molecule has 3 N–H and O–H groups in total. The quantitative estimate of drug-likeness (QED) is 0.892. The molecule has 1 amide bonds. The van der Waals surface area contributed by atoms with Crippen LogP contribution in [0.2, 0.25) is 10.0 Å². The second kappa shape index (κ2) is 7.45. The minimum atomic E-state index is -0.0346. The van der Waals surface area contributed by atoms with E-state index in [9.17, 15) is 4.79 Å². The summed E-state index contributed by atoms with van der Waals surface area (Å²) in [6.07, 6.45) is 2.11. The van der Waals surface area contributed by atoms with Gasteiger partial charge in [0.15, 0.2) is 0 Å². The lowest BCUT2D eigenvalue weighted by molar-refractivity contribution is -0.117. The molecule has 1 unspecified atom stereocenters. The number of carbonyl (C=O) groups is 1. The molecule has 0 saturated carbocycles. The molecule has 1 aromatic rings. The average Bonchev–Trinajstić information content (AvgIpc) is 2.43. The van der Waals surface area contributed by atoms with E-state index in [1.165, 1.54) is 0 Å². The number of piperidine rings is 1. The van der Waals surface area contributed by atoms with Crippen LogP contribution in [-0.2, 0) is 4.79 Å². The molecule has 1 fully saturated rings. The zero-order valence-corrected chi connectivity index (χ0v) is 13.6. The third-order valence-electron chi connectivity index (χ3n) is 3.95. The highest BCUT2D eigenvalue weighted by molar-refractivity contribution is 6.42. The van der Waals surface area contributed by atoms with Gasteiger partial charge >= 0.3 is 0 Å². The SMILES string of the molecule is CC(N)C1CCN(CC(=O)Nc2ccc(Cl)c(Cl)c2)CC1. The molecule has 2 rings (SSSR count). The molecule has 0 radical (unpaired) electrons. The first kappa shape index (κ1) is 16.6. The molecule has 1 aliphatic heterocycles. The second-order valence-corrected chi connectivity index (χ2v) is 6.46. The maximum atomic E-state index is 12.0. The number of hydrogen-bond donors (Lipinski definition) is 2. The molecule has 4 nitrogen and oxygen atoms in total. The van der Waals surface area contributed by atoms with Crippen LogP contribution in [0.15, 0.2) is 18.2 Å². The molecule has 1 atom stereocenters. The molecule has 1 saturated heterocycles. The van der Waals surface area contributed by atoms with Crippen molar-refractivity contribution in [3.8, 4) is 0 Å². The summed E-state index contributed by atoms with van der Waals surface area (Å²) in [5.74, 6) is 0.534. The van der Waals surface area contributed by atoms with E-state index < -0.39 is 0 Å². The number of nitrogens with zero attached hydrogens (tertiary/aromatic N) is 1. The maximum Gasteiger partial charge on any atom is 0.238 e. The minimum Gasteiger partial charge on any atom is -0.328 e. The van der Waals surface area contributed by atoms with Crippen molar-refractivity contribution in [2.24, 2.45) is 11.7 Å². The smallest absolute Gasteiger partial charge is 0.238 e. The monoisotopic (exact) mass is 329 g/mol. The van der Waals surface area contributed by atoms with E-state index in [2.05, 4.69) is 17.1 Å². The standard InChI is InChI=1S/C15H21Cl2N3O/c1-10(18)11-4-6-20(7-5-11)9-15(21)19-12-2-3-13(16)14(17)8-12/h2-3,8,10-11H,4-7,9,18H2,1H3,(H,19,21). The number of anilines is 1. The van der Waals surface area contributed by atoms with Crippen molar-refractivity contribution in [1.82, 2.24) is 4.90 Å². The van der Waals surface area contributed by atoms with Gasteiger partial charge in [0.2, 0.25) is 5.91 Å². The highest BCUT2D eigenvalue weighted by Gasteiger charge is 2.23. The van der Waals surface area contributed by atoms with Gasteiger partial charge in [0.25, 0.3) is 0 Å². The fraction of sp³-hybridized carbons (Fsp3) is 0.533. The van der Waals surface area contributed by atoms with E-state index in [0.29, 0.717) is 28.2 Å². The summed E-state index contributed by atoms with van der Waals surface area (Å²) in [6.45, 7) is 4.28. The summed E-state index contributed by atoms with van der Waals surface area (Å²) in [6, 6.07) is 5.31. The molecule has 1 heterocycles. The fourth-order valence-electron chi connectivity index (χ4n) is 2.61. The summed E-state index contributed by atoms with van der Waals surface area (Å²) in [7, 11) is 0. The molecule has 1 aliphatic rings. The van der Waals surface area contributed by atoms with E-state index in [1.54, 1.807) is 18.2 Å². The van der Waals surface area contributed by atoms with Crippen molar-refractivity contribution in [3.63, 3.8) is 0 Å². The van der Waals surface area contributed by atoms with Gasteiger partial charge in [-0.1, -0.05) is 23.2 Å². The highest BCUT2D eigenvalue weighted by atomic mass is 35.5. The molecule has 0 spiro atoms. The number of rotatable bonds is 4. The topological polar surface area (TPSA) is 58.4 Å². The van der Waals surface area contributed by atoms with Gasteiger partial charge in [0.05, 0.1) is 16.6 Å². The highest BCUT2D eigenvalue weighted by Crippen LogP contribution is 2.25. The molecular formula is C15H21Cl2N3O. The largest absolute Gasteiger partial charge is 0.328 e. The predicted molar refractivity (Wildman–Crippen MR) is 87.9 cm³/mol. The Morgan fingerprint density at radius 3 is 2.62 bits per heavy atom. The third-order valence-corrected chi connectivity index (χ3v) is 4.69. The first-order valence-corrected chi connectivity index (χ1v) is 7.94. The van der Waals surface area contributed by atoms with Gasteiger partial charge in [-0.2, -0.15) is 0 Å². The Labute approximate surface area is 135 Å². The zero-order valence-electron chi connectivity index (χ0n) is 12.1. The molecule has 116 valence electrons. The summed E-state index contributed by atoms with van der Waals surface area (Å²) in [5, 5.41) is 3.76. The van der Waals surface area contributed by atoms with E-state index in [0.717, 1.165) is 25.9 Å². The van der Waals surface area contributed by atoms with Crippen molar-refractivity contribution in [1.29, 1.82) is 0 Å². The lowest BCUT2D eigenvalue weighted by Gasteiger charge is -2.33. The minimum absolute atomic E-state index is 0.0346. The van der Waals surface area contributed by atoms with Crippen molar-refractivity contribution >= 4 is 34.8 Å². The van der Waals surface area contributed by atoms with Crippen molar-refractivity contribution < 1.29 is 4.79 Å². The molecule has 0 aromatic heterocycles. The molecule has 6 heteroatoms. The predicted octanol–water partition coefficient (Wildman–Crippen LogP) is 2.99. The van der Waals surface area contributed by atoms with Crippen molar-refractivity contribution in [2.75, 3.05) is 25.0 Å². The van der Waals surface area contributed by atoms with Crippen LogP contribution >= 0.6 is 23.2 Å². The maximum absolute atomic E-state index is 12.0. The second-order valence-electron chi connectivity index (χ2n) is 5.65. The Balaban J connectivity index is 1.81. The van der Waals surface area contributed by atoms with Gasteiger partial charge in [-0.25, -0.2) is 0 Å². The van der Waals surface area contributed by atoms with E-state index in [-0.39, 0.29) is 11.9 Å². The van der Waals surface area contributed by atoms with Crippen molar-refractivity contribution in [3.05, 3.63) is 28.2 Å². The van der Waals surface area contributed by atoms with Crippen LogP contribution in [0.3, 0.4) is 0 Å². The Morgan fingerprint density at radius 1 is 1.38 bits per heavy atom. The fourth-order valence-corrected chi connectivity index (χ4v) is 2.91. The van der Waals surface area contributed by atoms with Gasteiger partial charge < -0.3 is 11.1 Å². The number of amides is 1. The van der Waals surface area contributed by atoms with Gasteiger partial charge in [0.1, 0.15) is 0 Å². The number of nitrogens with two attached hydrogens (primary N) is 1. The lowest BCUT2D eigenvalue weighted by atomic mass is 9.91. The number of nitrogens with one attached hydrogen (secondary N) is 1. The van der Waals surface area contributed by atoms with Crippen LogP contribution in [0.1, 0.15) is 19.8 Å². The molecule has 0 bridgehead atoms. The molecule has 21 heavy (non-hydrogen) atoms. The van der Waals surface area contributed by atoms with Crippen LogP contribution in [-0.4, -0.2) is 36.5 Å². The summed E-state index contributed by atoms with van der Waals surface area (Å²) >= 11 is 11.8. The molecule has 0 aliphatic carbocycles. The van der Waals surface area contributed by atoms with Crippen molar-refractivity contribution in [2.45, 2.75) is 25.8 Å². The molecular weight excluding hydrogens is 309 g/mol. The van der Waals surface area contributed by atoms with E-state index >= 15 is 0 Å².